The van der Waals surface area contributed by atoms with Crippen LogP contribution in [0.25, 0.3) is 5.65 Å². The number of fused-ring (bicyclic) bond motifs is 1. The van der Waals surface area contributed by atoms with Gasteiger partial charge in [-0.1, -0.05) is 50.4 Å². The molecule has 3 heterocycles. The first-order chi connectivity index (χ1) is 28.1. The molecule has 0 unspecified atom stereocenters. The second-order valence-corrected chi connectivity index (χ2v) is 16.5. The molecule has 0 radical (unpaired) electrons. The van der Waals surface area contributed by atoms with Gasteiger partial charge in [-0.05, 0) is 106 Å². The molecule has 0 aliphatic carbocycles. The molecule has 0 bridgehead atoms. The highest BCUT2D eigenvalue weighted by atomic mass is 32.2. The van der Waals surface area contributed by atoms with Crippen LogP contribution in [0.15, 0.2) is 96.7 Å². The van der Waals surface area contributed by atoms with Crippen LogP contribution in [0.4, 0.5) is 42.5 Å². The molecule has 14 nitrogen and oxygen atoms in total. The number of benzene rings is 3. The molecule has 1 aliphatic heterocycles. The van der Waals surface area contributed by atoms with Crippen molar-refractivity contribution in [2.45, 2.75) is 75.9 Å². The van der Waals surface area contributed by atoms with Crippen molar-refractivity contribution in [1.82, 2.24) is 19.5 Å². The van der Waals surface area contributed by atoms with Gasteiger partial charge in [0.2, 0.25) is 5.91 Å². The summed E-state index contributed by atoms with van der Waals surface area (Å²) in [6.45, 7) is 13.8. The molecule has 1 fully saturated rings. The highest BCUT2D eigenvalue weighted by molar-refractivity contribution is 7.99. The number of amides is 4. The topological polar surface area (TPSA) is 168 Å². The number of carbonyl (C=O) groups excluding carboxylic acids is 4. The van der Waals surface area contributed by atoms with Gasteiger partial charge in [0.15, 0.2) is 17.3 Å². The van der Waals surface area contributed by atoms with E-state index in [1.807, 2.05) is 13.8 Å². The first-order valence-corrected chi connectivity index (χ1v) is 20.0. The van der Waals surface area contributed by atoms with E-state index in [2.05, 4.69) is 32.9 Å². The highest BCUT2D eigenvalue weighted by Crippen LogP contribution is 2.36. The second kappa shape index (κ2) is 18.4. The van der Waals surface area contributed by atoms with Crippen molar-refractivity contribution < 1.29 is 33.0 Å². The van der Waals surface area contributed by atoms with E-state index in [1.165, 1.54) is 16.3 Å². The first-order valence-electron chi connectivity index (χ1n) is 19.1. The lowest BCUT2D eigenvalue weighted by molar-refractivity contribution is -0.111. The minimum Gasteiger partial charge on any atom is -0.445 e. The molecule has 0 saturated carbocycles. The van der Waals surface area contributed by atoms with Gasteiger partial charge in [-0.15, -0.1) is 0 Å². The van der Waals surface area contributed by atoms with Gasteiger partial charge in [0.1, 0.15) is 17.2 Å². The minimum absolute atomic E-state index is 0.0161. The van der Waals surface area contributed by atoms with Crippen LogP contribution in [0.3, 0.4) is 0 Å². The predicted octanol–water partition coefficient (Wildman–Crippen LogP) is 9.35. The Kier molecular flexibility index (Phi) is 13.2. The summed E-state index contributed by atoms with van der Waals surface area (Å²) >= 11 is 1.33. The second-order valence-electron chi connectivity index (χ2n) is 15.2. The Morgan fingerprint density at radius 3 is 2.25 bits per heavy atom. The standard InChI is InChI=1S/C43H47FN8O6S/c1-7-35(53)46-29-17-13-28(14-18-29)39(54)48-32-10-8-9-31(23-32)47-38-36(44)40(50-37-34(26(2)3)24-45-52(37)38)59-33-19-21-51(22-20-33)42(56)57-25-27-11-15-30(16-12-27)49-41(55)58-43(4,5)6/h7-18,23-24,26,33,47H,1,19-22,25H2,2-6H3,(H,46,53)(H,48,54)(H,49,55). The summed E-state index contributed by atoms with van der Waals surface area (Å²) in [5, 5.41) is 16.0. The molecule has 1 aliphatic rings. The molecule has 4 amide bonds. The smallest absolute Gasteiger partial charge is 0.412 e. The number of likely N-dealkylation sites (tertiary alicyclic amines) is 1. The zero-order valence-corrected chi connectivity index (χ0v) is 34.3. The van der Waals surface area contributed by atoms with Gasteiger partial charge in [0.25, 0.3) is 5.91 Å². The molecule has 0 atom stereocenters. The van der Waals surface area contributed by atoms with Crippen molar-refractivity contribution in [1.29, 1.82) is 0 Å². The summed E-state index contributed by atoms with van der Waals surface area (Å²) in [6.07, 6.45) is 3.06. The summed E-state index contributed by atoms with van der Waals surface area (Å²) in [6, 6.07) is 20.3. The van der Waals surface area contributed by atoms with Crippen LogP contribution in [0, 0.1) is 5.82 Å². The Bertz CT molecular complexity index is 2340. The van der Waals surface area contributed by atoms with E-state index in [4.69, 9.17) is 14.5 Å². The van der Waals surface area contributed by atoms with Crippen LogP contribution in [0.5, 0.6) is 0 Å². The number of halogens is 1. The Hall–Kier alpha value is -6.42. The number of rotatable bonds is 12. The molecule has 59 heavy (non-hydrogen) atoms. The number of thioether (sulfide) groups is 1. The van der Waals surface area contributed by atoms with Crippen LogP contribution in [-0.4, -0.2) is 67.4 Å². The number of piperidine rings is 1. The summed E-state index contributed by atoms with van der Waals surface area (Å²) in [5.74, 6) is -1.13. The van der Waals surface area contributed by atoms with Gasteiger partial charge in [-0.2, -0.15) is 14.0 Å². The summed E-state index contributed by atoms with van der Waals surface area (Å²) in [4.78, 5) is 56.1. The molecule has 2 aromatic heterocycles. The van der Waals surface area contributed by atoms with Crippen LogP contribution >= 0.6 is 11.8 Å². The Morgan fingerprint density at radius 2 is 1.59 bits per heavy atom. The van der Waals surface area contributed by atoms with E-state index in [1.54, 1.807) is 105 Å². The number of ether oxygens (including phenoxy) is 2. The van der Waals surface area contributed by atoms with E-state index in [0.717, 1.165) is 17.2 Å². The normalized spacial score (nSPS) is 13.2. The Balaban J connectivity index is 1.08. The third-order valence-corrected chi connectivity index (χ3v) is 10.4. The van der Waals surface area contributed by atoms with Gasteiger partial charge >= 0.3 is 12.2 Å². The van der Waals surface area contributed by atoms with E-state index in [0.29, 0.717) is 59.9 Å². The zero-order chi connectivity index (χ0) is 42.3. The average molecular weight is 823 g/mol. The molecule has 3 aromatic carbocycles. The van der Waals surface area contributed by atoms with Crippen LogP contribution in [-0.2, 0) is 20.9 Å². The molecule has 6 rings (SSSR count). The first kappa shape index (κ1) is 42.2. The maximum atomic E-state index is 16.5. The average Bonchev–Trinajstić information content (AvgIpc) is 3.63. The molecular weight excluding hydrogens is 776 g/mol. The number of aromatic nitrogens is 3. The van der Waals surface area contributed by atoms with Gasteiger partial charge in [0.05, 0.1) is 6.20 Å². The number of hydrogen-bond acceptors (Lipinski definition) is 10. The summed E-state index contributed by atoms with van der Waals surface area (Å²) < 4.78 is 28.8. The molecule has 1 saturated heterocycles. The van der Waals surface area contributed by atoms with Crippen molar-refractivity contribution in [3.8, 4) is 0 Å². The highest BCUT2D eigenvalue weighted by Gasteiger charge is 2.28. The van der Waals surface area contributed by atoms with Gasteiger partial charge < -0.3 is 30.3 Å². The van der Waals surface area contributed by atoms with E-state index in [-0.39, 0.29) is 40.4 Å². The van der Waals surface area contributed by atoms with Crippen molar-refractivity contribution >= 4 is 70.0 Å². The Labute approximate surface area is 345 Å². The lowest BCUT2D eigenvalue weighted by atomic mass is 10.1. The lowest BCUT2D eigenvalue weighted by Gasteiger charge is -2.31. The molecule has 0 spiro atoms. The number of nitrogens with zero attached hydrogens (tertiary/aromatic N) is 4. The van der Waals surface area contributed by atoms with E-state index >= 15 is 4.39 Å². The van der Waals surface area contributed by atoms with Crippen LogP contribution < -0.4 is 21.3 Å². The maximum Gasteiger partial charge on any atom is 0.412 e. The largest absolute Gasteiger partial charge is 0.445 e. The fourth-order valence-electron chi connectivity index (χ4n) is 6.13. The van der Waals surface area contributed by atoms with Crippen LogP contribution in [0.2, 0.25) is 0 Å². The monoisotopic (exact) mass is 822 g/mol. The SMILES string of the molecule is C=CC(=O)Nc1ccc(C(=O)Nc2cccc(Nc3c(F)c(SC4CCN(C(=O)OCc5ccc(NC(=O)OC(C)(C)C)cc5)CC4)nc4c(C(C)C)cnn34)c2)cc1. The van der Waals surface area contributed by atoms with Crippen LogP contribution in [0.1, 0.15) is 74.9 Å². The number of nitrogens with one attached hydrogen (secondary N) is 4. The molecule has 5 aromatic rings. The third kappa shape index (κ3) is 11.2. The quantitative estimate of drug-likeness (QED) is 0.0703. The van der Waals surface area contributed by atoms with Crippen molar-refractivity contribution in [2.75, 3.05) is 34.4 Å². The molecule has 16 heteroatoms. The third-order valence-electron chi connectivity index (χ3n) is 9.13. The summed E-state index contributed by atoms with van der Waals surface area (Å²) in [7, 11) is 0. The molecular formula is C43H47FN8O6S. The molecule has 308 valence electrons. The Morgan fingerprint density at radius 1 is 0.932 bits per heavy atom. The van der Waals surface area contributed by atoms with Gasteiger partial charge in [-0.25, -0.2) is 14.6 Å². The number of carbonyl (C=O) groups is 4. The lowest BCUT2D eigenvalue weighted by Crippen LogP contribution is -2.39. The predicted molar refractivity (Wildman–Crippen MR) is 227 cm³/mol. The van der Waals surface area contributed by atoms with E-state index in [9.17, 15) is 19.2 Å². The molecule has 4 N–H and O–H groups in total. The fraction of sp³-hybridized carbons (Fsp3) is 0.302. The number of anilines is 5. The van der Waals surface area contributed by atoms with Gasteiger partial charge in [-0.3, -0.25) is 14.9 Å². The minimum atomic E-state index is -0.614. The van der Waals surface area contributed by atoms with Crippen molar-refractivity contribution in [3.63, 3.8) is 0 Å². The van der Waals surface area contributed by atoms with Gasteiger partial charge in [0, 0.05) is 52.2 Å². The van der Waals surface area contributed by atoms with E-state index < -0.39 is 23.6 Å². The zero-order valence-electron chi connectivity index (χ0n) is 33.5. The summed E-state index contributed by atoms with van der Waals surface area (Å²) in [5.41, 5.74) is 3.98. The van der Waals surface area contributed by atoms with Crippen molar-refractivity contribution in [3.05, 3.63) is 114 Å². The fourth-order valence-corrected chi connectivity index (χ4v) is 7.23. The van der Waals surface area contributed by atoms with Crippen molar-refractivity contribution in [2.24, 2.45) is 0 Å². The maximum absolute atomic E-state index is 16.5. The number of hydrogen-bond donors (Lipinski definition) is 4.